The molecule has 1 saturated carbocycles. The first kappa shape index (κ1) is 16.6. The molecule has 1 aromatic rings. The zero-order valence-corrected chi connectivity index (χ0v) is 13.5. The third-order valence-electron chi connectivity index (χ3n) is 4.07. The third kappa shape index (κ3) is 5.92. The molecular formula is C19H27NO2. The van der Waals surface area contributed by atoms with Crippen molar-refractivity contribution in [2.75, 3.05) is 6.61 Å². The summed E-state index contributed by atoms with van der Waals surface area (Å²) in [4.78, 5) is 12.0. The Hall–Kier alpha value is -1.77. The second-order valence-electron chi connectivity index (χ2n) is 5.89. The molecule has 0 saturated heterocycles. The summed E-state index contributed by atoms with van der Waals surface area (Å²) in [6.07, 6.45) is 12.1. The smallest absolute Gasteiger partial charge is 0.244 e. The van der Waals surface area contributed by atoms with Crippen LogP contribution < -0.4 is 10.1 Å². The van der Waals surface area contributed by atoms with E-state index in [1.54, 1.807) is 6.08 Å². The molecule has 22 heavy (non-hydrogen) atoms. The third-order valence-corrected chi connectivity index (χ3v) is 4.07. The highest BCUT2D eigenvalue weighted by atomic mass is 16.5. The minimum absolute atomic E-state index is 0.0134. The summed E-state index contributed by atoms with van der Waals surface area (Å²) >= 11 is 0. The van der Waals surface area contributed by atoms with E-state index in [4.69, 9.17) is 4.74 Å². The van der Waals surface area contributed by atoms with Crippen molar-refractivity contribution < 1.29 is 9.53 Å². The van der Waals surface area contributed by atoms with E-state index in [1.807, 2.05) is 37.3 Å². The molecule has 1 N–H and O–H groups in total. The van der Waals surface area contributed by atoms with Crippen LogP contribution in [-0.2, 0) is 4.79 Å². The summed E-state index contributed by atoms with van der Waals surface area (Å²) in [7, 11) is 0. The lowest BCUT2D eigenvalue weighted by Gasteiger charge is -2.20. The number of rotatable bonds is 5. The van der Waals surface area contributed by atoms with Crippen molar-refractivity contribution in [1.82, 2.24) is 5.32 Å². The summed E-state index contributed by atoms with van der Waals surface area (Å²) in [6, 6.07) is 8.12. The Balaban J connectivity index is 1.82. The molecule has 0 atom stereocenters. The maximum Gasteiger partial charge on any atom is 0.244 e. The minimum Gasteiger partial charge on any atom is -0.494 e. The Labute approximate surface area is 133 Å². The normalized spacial score (nSPS) is 17.0. The fraction of sp³-hybridized carbons (Fsp3) is 0.526. The standard InChI is InChI=1S/C19H27NO2/c1-2-22-18-13-10-16(11-14-18)12-15-19(21)20-17-8-6-4-3-5-7-9-17/h10-15,17H,2-9H2,1H3,(H,20,21)/b15-12+. The van der Waals surface area contributed by atoms with Gasteiger partial charge in [-0.1, -0.05) is 44.2 Å². The molecule has 0 radical (unpaired) electrons. The van der Waals surface area contributed by atoms with Crippen molar-refractivity contribution in [3.05, 3.63) is 35.9 Å². The monoisotopic (exact) mass is 301 g/mol. The molecule has 0 spiro atoms. The summed E-state index contributed by atoms with van der Waals surface area (Å²) in [5, 5.41) is 3.14. The maximum absolute atomic E-state index is 12.0. The van der Waals surface area contributed by atoms with Gasteiger partial charge >= 0.3 is 0 Å². The van der Waals surface area contributed by atoms with Crippen LogP contribution in [0.1, 0.15) is 57.4 Å². The van der Waals surface area contributed by atoms with E-state index >= 15 is 0 Å². The van der Waals surface area contributed by atoms with E-state index in [2.05, 4.69) is 5.32 Å². The lowest BCUT2D eigenvalue weighted by molar-refractivity contribution is -0.117. The van der Waals surface area contributed by atoms with Crippen LogP contribution in [0.2, 0.25) is 0 Å². The van der Waals surface area contributed by atoms with Gasteiger partial charge in [0.2, 0.25) is 5.91 Å². The fourth-order valence-corrected chi connectivity index (χ4v) is 2.86. The number of carbonyl (C=O) groups excluding carboxylic acids is 1. The largest absolute Gasteiger partial charge is 0.494 e. The number of carbonyl (C=O) groups is 1. The lowest BCUT2D eigenvalue weighted by Crippen LogP contribution is -2.34. The Morgan fingerprint density at radius 2 is 1.77 bits per heavy atom. The maximum atomic E-state index is 12.0. The second-order valence-corrected chi connectivity index (χ2v) is 5.89. The molecule has 1 amide bonds. The van der Waals surface area contributed by atoms with Crippen LogP contribution in [0.25, 0.3) is 6.08 Å². The van der Waals surface area contributed by atoms with Gasteiger partial charge in [-0.3, -0.25) is 4.79 Å². The number of ether oxygens (including phenoxy) is 1. The predicted octanol–water partition coefficient (Wildman–Crippen LogP) is 4.33. The molecular weight excluding hydrogens is 274 g/mol. The predicted molar refractivity (Wildman–Crippen MR) is 90.9 cm³/mol. The van der Waals surface area contributed by atoms with Gasteiger partial charge in [-0.15, -0.1) is 0 Å². The molecule has 2 rings (SSSR count). The van der Waals surface area contributed by atoms with Crippen molar-refractivity contribution in [2.45, 2.75) is 57.9 Å². The van der Waals surface area contributed by atoms with Crippen molar-refractivity contribution in [1.29, 1.82) is 0 Å². The van der Waals surface area contributed by atoms with E-state index in [-0.39, 0.29) is 5.91 Å². The first-order chi connectivity index (χ1) is 10.8. The molecule has 3 nitrogen and oxygen atoms in total. The zero-order valence-electron chi connectivity index (χ0n) is 13.5. The number of hydrogen-bond donors (Lipinski definition) is 1. The topological polar surface area (TPSA) is 38.3 Å². The van der Waals surface area contributed by atoms with Gasteiger partial charge in [0, 0.05) is 12.1 Å². The van der Waals surface area contributed by atoms with Crippen LogP contribution in [0.3, 0.4) is 0 Å². The van der Waals surface area contributed by atoms with Crippen LogP contribution in [0.5, 0.6) is 5.75 Å². The molecule has 1 aromatic carbocycles. The molecule has 0 aliphatic heterocycles. The van der Waals surface area contributed by atoms with Gasteiger partial charge in [0.15, 0.2) is 0 Å². The van der Waals surface area contributed by atoms with E-state index < -0.39 is 0 Å². The SMILES string of the molecule is CCOc1ccc(/C=C/C(=O)NC2CCCCCCC2)cc1. The fourth-order valence-electron chi connectivity index (χ4n) is 2.86. The first-order valence-electron chi connectivity index (χ1n) is 8.49. The molecule has 0 bridgehead atoms. The Morgan fingerprint density at radius 3 is 2.41 bits per heavy atom. The number of amides is 1. The first-order valence-corrected chi connectivity index (χ1v) is 8.49. The minimum atomic E-state index is 0.0134. The van der Waals surface area contributed by atoms with Gasteiger partial charge < -0.3 is 10.1 Å². The van der Waals surface area contributed by atoms with Crippen molar-refractivity contribution in [3.63, 3.8) is 0 Å². The Bertz CT molecular complexity index is 471. The highest BCUT2D eigenvalue weighted by molar-refractivity contribution is 5.91. The van der Waals surface area contributed by atoms with Gasteiger partial charge in [0.25, 0.3) is 0 Å². The second kappa shape index (κ2) is 9.29. The summed E-state index contributed by atoms with van der Waals surface area (Å²) in [5.41, 5.74) is 1.01. The molecule has 0 heterocycles. The van der Waals surface area contributed by atoms with E-state index in [0.29, 0.717) is 12.6 Å². The van der Waals surface area contributed by atoms with Gasteiger partial charge in [-0.2, -0.15) is 0 Å². The van der Waals surface area contributed by atoms with Crippen LogP contribution in [-0.4, -0.2) is 18.6 Å². The molecule has 1 aliphatic carbocycles. The Kier molecular flexibility index (Phi) is 7.01. The van der Waals surface area contributed by atoms with Crippen LogP contribution in [0, 0.1) is 0 Å². The zero-order chi connectivity index (χ0) is 15.6. The quantitative estimate of drug-likeness (QED) is 0.822. The summed E-state index contributed by atoms with van der Waals surface area (Å²) < 4.78 is 5.41. The van der Waals surface area contributed by atoms with E-state index in [9.17, 15) is 4.79 Å². The van der Waals surface area contributed by atoms with Crippen LogP contribution in [0.4, 0.5) is 0 Å². The highest BCUT2D eigenvalue weighted by Gasteiger charge is 2.12. The number of nitrogens with one attached hydrogen (secondary N) is 1. The molecule has 0 aromatic heterocycles. The lowest BCUT2D eigenvalue weighted by atomic mass is 9.97. The van der Waals surface area contributed by atoms with Crippen molar-refractivity contribution >= 4 is 12.0 Å². The average Bonchev–Trinajstić information content (AvgIpc) is 2.49. The number of benzene rings is 1. The average molecular weight is 301 g/mol. The van der Waals surface area contributed by atoms with Crippen molar-refractivity contribution in [3.8, 4) is 5.75 Å². The Morgan fingerprint density at radius 1 is 1.14 bits per heavy atom. The van der Waals surface area contributed by atoms with Crippen LogP contribution in [0.15, 0.2) is 30.3 Å². The summed E-state index contributed by atoms with van der Waals surface area (Å²) in [6.45, 7) is 2.63. The molecule has 0 unspecified atom stereocenters. The van der Waals surface area contributed by atoms with Gasteiger partial charge in [0.05, 0.1) is 6.61 Å². The van der Waals surface area contributed by atoms with Gasteiger partial charge in [-0.25, -0.2) is 0 Å². The molecule has 120 valence electrons. The van der Waals surface area contributed by atoms with Gasteiger partial charge in [-0.05, 0) is 43.5 Å². The molecule has 3 heteroatoms. The van der Waals surface area contributed by atoms with E-state index in [0.717, 1.165) is 24.2 Å². The van der Waals surface area contributed by atoms with Gasteiger partial charge in [0.1, 0.15) is 5.75 Å². The van der Waals surface area contributed by atoms with Crippen LogP contribution >= 0.6 is 0 Å². The molecule has 1 aliphatic rings. The molecule has 1 fully saturated rings. The van der Waals surface area contributed by atoms with E-state index in [1.165, 1.54) is 32.1 Å². The number of hydrogen-bond acceptors (Lipinski definition) is 2. The van der Waals surface area contributed by atoms with Crippen molar-refractivity contribution in [2.24, 2.45) is 0 Å². The highest BCUT2D eigenvalue weighted by Crippen LogP contribution is 2.17. The summed E-state index contributed by atoms with van der Waals surface area (Å²) in [5.74, 6) is 0.873.